The standard InChI is InChI=1S/C18H21NO/c1-3-14-4-6-15(7-5-14)18(12-20-13-18)16-8-10-17(19-2)11-9-16/h4-11,19H,3,12-13H2,1-2H3. The fourth-order valence-electron chi connectivity index (χ4n) is 2.82. The van der Waals surface area contributed by atoms with Gasteiger partial charge in [-0.05, 0) is 35.2 Å². The Kier molecular flexibility index (Phi) is 3.49. The Hall–Kier alpha value is -1.80. The van der Waals surface area contributed by atoms with Crippen molar-refractivity contribution < 1.29 is 4.74 Å². The second kappa shape index (κ2) is 5.29. The van der Waals surface area contributed by atoms with Crippen LogP contribution in [0.25, 0.3) is 0 Å². The molecule has 1 aliphatic heterocycles. The maximum absolute atomic E-state index is 5.54. The Balaban J connectivity index is 1.96. The number of aryl methyl sites for hydroxylation is 1. The fraction of sp³-hybridized carbons (Fsp3) is 0.333. The molecule has 20 heavy (non-hydrogen) atoms. The summed E-state index contributed by atoms with van der Waals surface area (Å²) in [6.07, 6.45) is 1.08. The van der Waals surface area contributed by atoms with Gasteiger partial charge in [0.15, 0.2) is 0 Å². The zero-order valence-electron chi connectivity index (χ0n) is 12.1. The Labute approximate surface area is 120 Å². The van der Waals surface area contributed by atoms with E-state index in [0.717, 1.165) is 25.3 Å². The van der Waals surface area contributed by atoms with Crippen LogP contribution in [0, 0.1) is 0 Å². The third-order valence-corrected chi connectivity index (χ3v) is 4.34. The van der Waals surface area contributed by atoms with Crippen LogP contribution in [0.5, 0.6) is 0 Å². The molecule has 2 aromatic rings. The SMILES string of the molecule is CCc1ccc(C2(c3ccc(NC)cc3)COC2)cc1. The number of hydrogen-bond donors (Lipinski definition) is 1. The minimum Gasteiger partial charge on any atom is -0.388 e. The van der Waals surface area contributed by atoms with Crippen LogP contribution in [0.3, 0.4) is 0 Å². The molecular formula is C18H21NO. The van der Waals surface area contributed by atoms with Crippen LogP contribution >= 0.6 is 0 Å². The van der Waals surface area contributed by atoms with Gasteiger partial charge in [0.2, 0.25) is 0 Å². The molecule has 0 aromatic heterocycles. The second-order valence-corrected chi connectivity index (χ2v) is 5.45. The molecular weight excluding hydrogens is 246 g/mol. The highest BCUT2D eigenvalue weighted by molar-refractivity contribution is 5.49. The molecule has 0 saturated carbocycles. The van der Waals surface area contributed by atoms with Gasteiger partial charge >= 0.3 is 0 Å². The lowest BCUT2D eigenvalue weighted by atomic mass is 9.72. The lowest BCUT2D eigenvalue weighted by Crippen LogP contribution is -2.47. The van der Waals surface area contributed by atoms with Gasteiger partial charge in [0.1, 0.15) is 0 Å². The van der Waals surface area contributed by atoms with Gasteiger partial charge in [-0.1, -0.05) is 43.3 Å². The highest BCUT2D eigenvalue weighted by atomic mass is 16.5. The van der Waals surface area contributed by atoms with Crippen molar-refractivity contribution in [3.05, 3.63) is 65.2 Å². The van der Waals surface area contributed by atoms with Gasteiger partial charge in [-0.3, -0.25) is 0 Å². The summed E-state index contributed by atoms with van der Waals surface area (Å²) in [5.41, 5.74) is 5.27. The first kappa shape index (κ1) is 13.2. The molecule has 0 amide bonds. The van der Waals surface area contributed by atoms with Gasteiger partial charge in [-0.15, -0.1) is 0 Å². The van der Waals surface area contributed by atoms with Gasteiger partial charge in [-0.25, -0.2) is 0 Å². The van der Waals surface area contributed by atoms with Crippen LogP contribution in [0.4, 0.5) is 5.69 Å². The Bertz CT molecular complexity index is 518. The largest absolute Gasteiger partial charge is 0.388 e. The molecule has 1 saturated heterocycles. The van der Waals surface area contributed by atoms with Crippen molar-refractivity contribution in [2.24, 2.45) is 0 Å². The molecule has 3 rings (SSSR count). The molecule has 0 spiro atoms. The molecule has 0 bridgehead atoms. The van der Waals surface area contributed by atoms with Crippen LogP contribution < -0.4 is 5.32 Å². The van der Waals surface area contributed by atoms with Crippen molar-refractivity contribution in [2.45, 2.75) is 18.8 Å². The van der Waals surface area contributed by atoms with E-state index >= 15 is 0 Å². The molecule has 1 N–H and O–H groups in total. The highest BCUT2D eigenvalue weighted by Gasteiger charge is 2.41. The Morgan fingerprint density at radius 3 is 1.90 bits per heavy atom. The average Bonchev–Trinajstić information content (AvgIpc) is 2.47. The minimum absolute atomic E-state index is 0.0402. The van der Waals surface area contributed by atoms with Crippen LogP contribution in [0.15, 0.2) is 48.5 Å². The van der Waals surface area contributed by atoms with Crippen molar-refractivity contribution in [3.63, 3.8) is 0 Å². The topological polar surface area (TPSA) is 21.3 Å². The van der Waals surface area contributed by atoms with Crippen LogP contribution in [0.2, 0.25) is 0 Å². The van der Waals surface area contributed by atoms with Crippen LogP contribution in [-0.2, 0) is 16.6 Å². The predicted octanol–water partition coefficient (Wildman–Crippen LogP) is 3.61. The predicted molar refractivity (Wildman–Crippen MR) is 83.4 cm³/mol. The van der Waals surface area contributed by atoms with Gasteiger partial charge in [0, 0.05) is 12.7 Å². The quantitative estimate of drug-likeness (QED) is 0.913. The summed E-state index contributed by atoms with van der Waals surface area (Å²) < 4.78 is 5.54. The minimum atomic E-state index is 0.0402. The first-order chi connectivity index (χ1) is 9.78. The lowest BCUT2D eigenvalue weighted by Gasteiger charge is -2.42. The van der Waals surface area contributed by atoms with Gasteiger partial charge < -0.3 is 10.1 Å². The number of rotatable bonds is 4. The van der Waals surface area contributed by atoms with E-state index < -0.39 is 0 Å². The monoisotopic (exact) mass is 267 g/mol. The maximum atomic E-state index is 5.54. The number of nitrogens with one attached hydrogen (secondary N) is 1. The second-order valence-electron chi connectivity index (χ2n) is 5.45. The van der Waals surface area contributed by atoms with E-state index in [9.17, 15) is 0 Å². The summed E-state index contributed by atoms with van der Waals surface area (Å²) in [6, 6.07) is 17.7. The smallest absolute Gasteiger partial charge is 0.0669 e. The van der Waals surface area contributed by atoms with E-state index in [4.69, 9.17) is 4.74 Å². The Morgan fingerprint density at radius 2 is 1.50 bits per heavy atom. The van der Waals surface area contributed by atoms with Crippen LogP contribution in [0.1, 0.15) is 23.6 Å². The summed E-state index contributed by atoms with van der Waals surface area (Å²) >= 11 is 0. The molecule has 1 aliphatic rings. The molecule has 0 atom stereocenters. The van der Waals surface area contributed by atoms with Crippen molar-refractivity contribution in [1.29, 1.82) is 0 Å². The third-order valence-electron chi connectivity index (χ3n) is 4.34. The molecule has 2 heteroatoms. The number of ether oxygens (including phenoxy) is 1. The van der Waals surface area contributed by atoms with Crippen molar-refractivity contribution >= 4 is 5.69 Å². The summed E-state index contributed by atoms with van der Waals surface area (Å²) in [5.74, 6) is 0. The first-order valence-corrected chi connectivity index (χ1v) is 7.24. The first-order valence-electron chi connectivity index (χ1n) is 7.24. The Morgan fingerprint density at radius 1 is 0.950 bits per heavy atom. The van der Waals surface area contributed by atoms with Crippen LogP contribution in [-0.4, -0.2) is 20.3 Å². The van der Waals surface area contributed by atoms with E-state index in [-0.39, 0.29) is 5.41 Å². The molecule has 2 aromatic carbocycles. The number of hydrogen-bond acceptors (Lipinski definition) is 2. The third kappa shape index (κ3) is 2.10. The molecule has 1 fully saturated rings. The van der Waals surface area contributed by atoms with E-state index in [0.29, 0.717) is 0 Å². The van der Waals surface area contributed by atoms with Gasteiger partial charge in [0.05, 0.1) is 18.6 Å². The summed E-state index contributed by atoms with van der Waals surface area (Å²) in [7, 11) is 1.95. The van der Waals surface area contributed by atoms with E-state index in [1.54, 1.807) is 0 Å². The average molecular weight is 267 g/mol. The summed E-state index contributed by atoms with van der Waals surface area (Å²) in [6.45, 7) is 3.74. The molecule has 1 heterocycles. The zero-order valence-corrected chi connectivity index (χ0v) is 12.1. The van der Waals surface area contributed by atoms with Crippen molar-refractivity contribution in [3.8, 4) is 0 Å². The zero-order chi connectivity index (χ0) is 14.0. The summed E-state index contributed by atoms with van der Waals surface area (Å²) in [5, 5.41) is 3.17. The fourth-order valence-corrected chi connectivity index (χ4v) is 2.82. The van der Waals surface area contributed by atoms with Crippen molar-refractivity contribution in [2.75, 3.05) is 25.6 Å². The molecule has 0 radical (unpaired) electrons. The molecule has 104 valence electrons. The van der Waals surface area contributed by atoms with Crippen molar-refractivity contribution in [1.82, 2.24) is 0 Å². The van der Waals surface area contributed by atoms with E-state index in [1.807, 2.05) is 7.05 Å². The highest BCUT2D eigenvalue weighted by Crippen LogP contribution is 2.39. The molecule has 0 unspecified atom stereocenters. The lowest BCUT2D eigenvalue weighted by molar-refractivity contribution is -0.0379. The van der Waals surface area contributed by atoms with E-state index in [1.165, 1.54) is 16.7 Å². The van der Waals surface area contributed by atoms with Gasteiger partial charge in [-0.2, -0.15) is 0 Å². The maximum Gasteiger partial charge on any atom is 0.0669 e. The summed E-state index contributed by atoms with van der Waals surface area (Å²) in [4.78, 5) is 0. The number of anilines is 1. The number of benzene rings is 2. The molecule has 0 aliphatic carbocycles. The van der Waals surface area contributed by atoms with E-state index in [2.05, 4.69) is 60.8 Å². The molecule has 2 nitrogen and oxygen atoms in total. The normalized spacial score (nSPS) is 16.5. The van der Waals surface area contributed by atoms with Gasteiger partial charge in [0.25, 0.3) is 0 Å².